The van der Waals surface area contributed by atoms with E-state index in [4.69, 9.17) is 5.11 Å². The molecule has 1 N–H and O–H groups in total. The molecule has 16 heavy (non-hydrogen) atoms. The number of carboxylic acids is 1. The summed E-state index contributed by atoms with van der Waals surface area (Å²) in [7, 11) is 0. The number of hydrogen-bond acceptors (Lipinski definition) is 4. The molecule has 0 spiro atoms. The molecule has 0 saturated carbocycles. The Bertz CT molecular complexity index is 656. The molecule has 3 rings (SSSR count). The number of carboxylic acid groups (broad SMARTS) is 1. The second kappa shape index (κ2) is 3.15. The van der Waals surface area contributed by atoms with Gasteiger partial charge in [0.05, 0.1) is 10.9 Å². The summed E-state index contributed by atoms with van der Waals surface area (Å²) in [6.07, 6.45) is 1.70. The third kappa shape index (κ3) is 1.13. The zero-order valence-corrected chi connectivity index (χ0v) is 9.08. The Balaban J connectivity index is 2.45. The molecule has 6 heteroatoms. The smallest absolute Gasteiger partial charge is 0.337 e. The highest BCUT2D eigenvalue weighted by Gasteiger charge is 2.21. The highest BCUT2D eigenvalue weighted by molar-refractivity contribution is 7.17. The first-order valence-electron chi connectivity index (χ1n) is 4.92. The summed E-state index contributed by atoms with van der Waals surface area (Å²) in [4.78, 5) is 27.9. The van der Waals surface area contributed by atoms with Crippen LogP contribution in [0.25, 0.3) is 10.2 Å². The lowest BCUT2D eigenvalue weighted by atomic mass is 10.2. The van der Waals surface area contributed by atoms with Crippen LogP contribution in [0.15, 0.2) is 10.2 Å². The molecule has 0 aliphatic carbocycles. The van der Waals surface area contributed by atoms with Gasteiger partial charge in [-0.25, -0.2) is 9.78 Å². The van der Waals surface area contributed by atoms with Crippen LogP contribution in [0.4, 0.5) is 0 Å². The fraction of sp³-hybridized carbons (Fsp3) is 0.300. The van der Waals surface area contributed by atoms with Crippen molar-refractivity contribution in [3.8, 4) is 0 Å². The van der Waals surface area contributed by atoms with E-state index in [1.54, 1.807) is 4.57 Å². The maximum Gasteiger partial charge on any atom is 0.337 e. The molecule has 0 amide bonds. The average Bonchev–Trinajstić information content (AvgIpc) is 2.83. The van der Waals surface area contributed by atoms with Gasteiger partial charge < -0.3 is 5.11 Å². The van der Waals surface area contributed by atoms with Gasteiger partial charge >= 0.3 is 5.97 Å². The molecule has 2 aromatic heterocycles. The molecule has 1 aliphatic rings. The van der Waals surface area contributed by atoms with Crippen LogP contribution < -0.4 is 5.56 Å². The van der Waals surface area contributed by atoms with Crippen molar-refractivity contribution in [2.45, 2.75) is 19.4 Å². The molecule has 5 nitrogen and oxygen atoms in total. The fourth-order valence-electron chi connectivity index (χ4n) is 2.04. The molecular weight excluding hydrogens is 228 g/mol. The van der Waals surface area contributed by atoms with Crippen LogP contribution in [0.3, 0.4) is 0 Å². The number of hydrogen-bond donors (Lipinski definition) is 1. The largest absolute Gasteiger partial charge is 0.478 e. The van der Waals surface area contributed by atoms with Crippen molar-refractivity contribution in [2.24, 2.45) is 0 Å². The Morgan fingerprint density at radius 2 is 2.38 bits per heavy atom. The van der Waals surface area contributed by atoms with E-state index in [2.05, 4.69) is 4.98 Å². The van der Waals surface area contributed by atoms with E-state index in [1.807, 2.05) is 0 Å². The van der Waals surface area contributed by atoms with Gasteiger partial charge in [-0.15, -0.1) is 11.3 Å². The molecule has 0 aromatic carbocycles. The molecule has 0 radical (unpaired) electrons. The van der Waals surface area contributed by atoms with E-state index in [0.29, 0.717) is 11.4 Å². The number of carbonyl (C=O) groups is 1. The Morgan fingerprint density at radius 3 is 3.12 bits per heavy atom. The lowest BCUT2D eigenvalue weighted by Gasteiger charge is -2.01. The van der Waals surface area contributed by atoms with Crippen LogP contribution in [-0.4, -0.2) is 20.6 Å². The van der Waals surface area contributed by atoms with E-state index in [1.165, 1.54) is 16.7 Å². The molecule has 0 atom stereocenters. The minimum Gasteiger partial charge on any atom is -0.478 e. The van der Waals surface area contributed by atoms with Gasteiger partial charge in [-0.05, 0) is 6.42 Å². The molecule has 1 aliphatic heterocycles. The van der Waals surface area contributed by atoms with E-state index < -0.39 is 5.97 Å². The predicted molar refractivity (Wildman–Crippen MR) is 59.2 cm³/mol. The second-order valence-corrected chi connectivity index (χ2v) is 4.58. The summed E-state index contributed by atoms with van der Waals surface area (Å²) < 4.78 is 1.58. The number of aromatic carboxylic acids is 1. The van der Waals surface area contributed by atoms with Crippen LogP contribution in [0, 0.1) is 0 Å². The topological polar surface area (TPSA) is 72.2 Å². The summed E-state index contributed by atoms with van der Waals surface area (Å²) in [5.74, 6) is -0.292. The number of aromatic nitrogens is 2. The van der Waals surface area contributed by atoms with E-state index in [9.17, 15) is 9.59 Å². The minimum absolute atomic E-state index is 0.0692. The summed E-state index contributed by atoms with van der Waals surface area (Å²) in [6, 6.07) is 0. The quantitative estimate of drug-likeness (QED) is 0.804. The normalized spacial score (nSPS) is 14.2. The van der Waals surface area contributed by atoms with Gasteiger partial charge in [0.1, 0.15) is 10.7 Å². The summed E-state index contributed by atoms with van der Waals surface area (Å²) >= 11 is 1.22. The molecule has 0 unspecified atom stereocenters. The molecule has 3 heterocycles. The van der Waals surface area contributed by atoms with Crippen LogP contribution in [0.1, 0.15) is 22.6 Å². The molecule has 0 saturated heterocycles. The van der Waals surface area contributed by atoms with Crippen LogP contribution >= 0.6 is 11.3 Å². The number of nitrogens with zero attached hydrogens (tertiary/aromatic N) is 2. The molecule has 2 aromatic rings. The maximum absolute atomic E-state index is 12.1. The van der Waals surface area contributed by atoms with Gasteiger partial charge in [0.2, 0.25) is 0 Å². The van der Waals surface area contributed by atoms with Gasteiger partial charge in [-0.1, -0.05) is 0 Å². The lowest BCUT2D eigenvalue weighted by molar-refractivity contribution is 0.0699. The first-order chi connectivity index (χ1) is 7.68. The Labute approximate surface area is 94.0 Å². The standard InChI is InChI=1S/C10H8N2O3S/c13-9-7-5(10(14)15)4-16-8(7)11-6-2-1-3-12(6)9/h4H,1-3H2,(H,14,15). The molecule has 0 bridgehead atoms. The zero-order valence-electron chi connectivity index (χ0n) is 8.27. The first-order valence-corrected chi connectivity index (χ1v) is 5.80. The van der Waals surface area contributed by atoms with Gasteiger partial charge in [0, 0.05) is 18.3 Å². The number of thiophene rings is 1. The van der Waals surface area contributed by atoms with Crippen molar-refractivity contribution in [2.75, 3.05) is 0 Å². The van der Waals surface area contributed by atoms with Crippen LogP contribution in [0.5, 0.6) is 0 Å². The highest BCUT2D eigenvalue weighted by Crippen LogP contribution is 2.23. The average molecular weight is 236 g/mol. The number of aryl methyl sites for hydroxylation is 1. The summed E-state index contributed by atoms with van der Waals surface area (Å²) in [5.41, 5.74) is -0.143. The Hall–Kier alpha value is -1.69. The van der Waals surface area contributed by atoms with E-state index in [-0.39, 0.29) is 16.5 Å². The fourth-order valence-corrected chi connectivity index (χ4v) is 2.96. The number of fused-ring (bicyclic) bond motifs is 2. The monoisotopic (exact) mass is 236 g/mol. The molecule has 82 valence electrons. The van der Waals surface area contributed by atoms with Gasteiger partial charge in [0.25, 0.3) is 5.56 Å². The van der Waals surface area contributed by atoms with Crippen molar-refractivity contribution < 1.29 is 9.90 Å². The first kappa shape index (κ1) is 9.53. The maximum atomic E-state index is 12.1. The van der Waals surface area contributed by atoms with Crippen molar-refractivity contribution in [1.82, 2.24) is 9.55 Å². The van der Waals surface area contributed by atoms with Crippen molar-refractivity contribution in [1.29, 1.82) is 0 Å². The highest BCUT2D eigenvalue weighted by atomic mass is 32.1. The van der Waals surface area contributed by atoms with E-state index >= 15 is 0 Å². The zero-order chi connectivity index (χ0) is 11.3. The van der Waals surface area contributed by atoms with Crippen LogP contribution in [-0.2, 0) is 13.0 Å². The molecular formula is C10H8N2O3S. The third-order valence-corrected chi connectivity index (χ3v) is 3.66. The predicted octanol–water partition coefficient (Wildman–Crippen LogP) is 1.10. The SMILES string of the molecule is O=C(O)c1csc2nc3n(c(=O)c12)CCC3. The Kier molecular flexibility index (Phi) is 1.88. The minimum atomic E-state index is -1.07. The summed E-state index contributed by atoms with van der Waals surface area (Å²) in [5, 5.41) is 10.7. The third-order valence-electron chi connectivity index (χ3n) is 2.79. The second-order valence-electron chi connectivity index (χ2n) is 3.72. The van der Waals surface area contributed by atoms with Crippen molar-refractivity contribution >= 4 is 27.5 Å². The number of rotatable bonds is 1. The Morgan fingerprint density at radius 1 is 1.56 bits per heavy atom. The van der Waals surface area contributed by atoms with Crippen molar-refractivity contribution in [3.05, 3.63) is 27.1 Å². The van der Waals surface area contributed by atoms with E-state index in [0.717, 1.165) is 18.7 Å². The van der Waals surface area contributed by atoms with Gasteiger partial charge in [-0.2, -0.15) is 0 Å². The van der Waals surface area contributed by atoms with Gasteiger partial charge in [-0.3, -0.25) is 9.36 Å². The molecule has 0 fully saturated rings. The van der Waals surface area contributed by atoms with Crippen molar-refractivity contribution in [3.63, 3.8) is 0 Å². The van der Waals surface area contributed by atoms with Crippen LogP contribution in [0.2, 0.25) is 0 Å². The van der Waals surface area contributed by atoms with Gasteiger partial charge in [0.15, 0.2) is 0 Å². The summed E-state index contributed by atoms with van der Waals surface area (Å²) in [6.45, 7) is 0.645. The lowest BCUT2D eigenvalue weighted by Crippen LogP contribution is -2.21.